The van der Waals surface area contributed by atoms with Crippen LogP contribution in [0.3, 0.4) is 0 Å². The Morgan fingerprint density at radius 2 is 2.35 bits per heavy atom. The van der Waals surface area contributed by atoms with Crippen LogP contribution in [-0.2, 0) is 17.9 Å². The van der Waals surface area contributed by atoms with Crippen molar-refractivity contribution in [3.8, 4) is 0 Å². The molecule has 0 unspecified atom stereocenters. The van der Waals surface area contributed by atoms with Gasteiger partial charge in [0.15, 0.2) is 0 Å². The van der Waals surface area contributed by atoms with Crippen LogP contribution in [0.15, 0.2) is 23.1 Å². The van der Waals surface area contributed by atoms with Crippen molar-refractivity contribution in [2.75, 3.05) is 5.75 Å². The van der Waals surface area contributed by atoms with E-state index >= 15 is 0 Å². The lowest BCUT2D eigenvalue weighted by Gasteiger charge is -2.21. The molecule has 1 amide bonds. The molecule has 3 nitrogen and oxygen atoms in total. The minimum absolute atomic E-state index is 0.0648. The maximum absolute atomic E-state index is 11.8. The number of aliphatic hydroxyl groups excluding tert-OH is 1. The van der Waals surface area contributed by atoms with E-state index in [9.17, 15) is 4.79 Å². The molecule has 2 heterocycles. The molecule has 90 valence electrons. The number of carbonyl (C=O) groups is 1. The molecule has 1 aromatic carbocycles. The van der Waals surface area contributed by atoms with Gasteiger partial charge in [-0.3, -0.25) is 4.79 Å². The first-order valence-electron chi connectivity index (χ1n) is 5.93. The molecule has 1 N–H and O–H groups in total. The first-order chi connectivity index (χ1) is 8.28. The highest BCUT2D eigenvalue weighted by Crippen LogP contribution is 2.35. The zero-order chi connectivity index (χ0) is 11.8. The molecular formula is C13H15NO2S. The first-order valence-corrected chi connectivity index (χ1v) is 6.91. The molecule has 1 fully saturated rings. The van der Waals surface area contributed by atoms with Gasteiger partial charge in [0, 0.05) is 29.7 Å². The number of hydrogen-bond acceptors (Lipinski definition) is 3. The molecule has 1 aromatic rings. The second kappa shape index (κ2) is 4.35. The van der Waals surface area contributed by atoms with Crippen LogP contribution < -0.4 is 0 Å². The minimum atomic E-state index is 0.0648. The van der Waals surface area contributed by atoms with Crippen molar-refractivity contribution in [3.05, 3.63) is 29.3 Å². The van der Waals surface area contributed by atoms with Crippen LogP contribution in [0.5, 0.6) is 0 Å². The van der Waals surface area contributed by atoms with E-state index in [4.69, 9.17) is 5.11 Å². The van der Waals surface area contributed by atoms with Gasteiger partial charge in [0.2, 0.25) is 5.91 Å². The van der Waals surface area contributed by atoms with E-state index < -0.39 is 0 Å². The Morgan fingerprint density at radius 3 is 3.18 bits per heavy atom. The fourth-order valence-corrected chi connectivity index (χ4v) is 3.74. The molecule has 2 aliphatic heterocycles. The summed E-state index contributed by atoms with van der Waals surface area (Å²) in [4.78, 5) is 15.0. The average molecular weight is 249 g/mol. The molecule has 1 saturated heterocycles. The van der Waals surface area contributed by atoms with Crippen LogP contribution in [0.1, 0.15) is 24.0 Å². The number of carbonyl (C=O) groups excluding carboxylic acids is 1. The van der Waals surface area contributed by atoms with Gasteiger partial charge in [-0.05, 0) is 23.6 Å². The topological polar surface area (TPSA) is 40.5 Å². The molecule has 0 spiro atoms. The smallest absolute Gasteiger partial charge is 0.223 e. The lowest BCUT2D eigenvalue weighted by molar-refractivity contribution is -0.129. The van der Waals surface area contributed by atoms with Gasteiger partial charge in [0.25, 0.3) is 0 Å². The van der Waals surface area contributed by atoms with Gasteiger partial charge in [-0.1, -0.05) is 12.1 Å². The van der Waals surface area contributed by atoms with Gasteiger partial charge in [-0.2, -0.15) is 0 Å². The molecular weight excluding hydrogens is 234 g/mol. The number of fused-ring (bicyclic) bond motifs is 2. The van der Waals surface area contributed by atoms with E-state index in [2.05, 4.69) is 6.07 Å². The Hall–Kier alpha value is -1.00. The largest absolute Gasteiger partial charge is 0.392 e. The predicted octanol–water partition coefficient (Wildman–Crippen LogP) is 1.78. The number of nitrogens with zero attached hydrogens (tertiary/aromatic N) is 1. The summed E-state index contributed by atoms with van der Waals surface area (Å²) in [5.74, 6) is 1.27. The summed E-state index contributed by atoms with van der Waals surface area (Å²) in [6.07, 6.45) is 1.69. The van der Waals surface area contributed by atoms with E-state index in [1.54, 1.807) is 0 Å². The Bertz CT molecular complexity index is 461. The lowest BCUT2D eigenvalue weighted by atomic mass is 10.1. The van der Waals surface area contributed by atoms with Crippen LogP contribution in [0, 0.1) is 0 Å². The van der Waals surface area contributed by atoms with Gasteiger partial charge in [0.05, 0.1) is 6.61 Å². The molecule has 2 aliphatic rings. The van der Waals surface area contributed by atoms with E-state index in [1.807, 2.05) is 28.8 Å². The number of hydrogen-bond donors (Lipinski definition) is 1. The molecule has 17 heavy (non-hydrogen) atoms. The fourth-order valence-electron chi connectivity index (χ4n) is 2.55. The highest BCUT2D eigenvalue weighted by Gasteiger charge is 2.33. The molecule has 0 saturated carbocycles. The van der Waals surface area contributed by atoms with E-state index in [1.165, 1.54) is 10.5 Å². The molecule has 1 atom stereocenters. The second-order valence-electron chi connectivity index (χ2n) is 4.63. The molecule has 4 heteroatoms. The Balaban J connectivity index is 1.95. The van der Waals surface area contributed by atoms with Gasteiger partial charge in [-0.15, -0.1) is 11.8 Å². The van der Waals surface area contributed by atoms with Gasteiger partial charge >= 0.3 is 0 Å². The average Bonchev–Trinajstić information content (AvgIpc) is 2.61. The summed E-state index contributed by atoms with van der Waals surface area (Å²) in [6, 6.07) is 6.45. The quantitative estimate of drug-likeness (QED) is 0.824. The zero-order valence-electron chi connectivity index (χ0n) is 9.56. The van der Waals surface area contributed by atoms with Crippen LogP contribution in [0.4, 0.5) is 0 Å². The van der Waals surface area contributed by atoms with Crippen LogP contribution in [-0.4, -0.2) is 27.7 Å². The van der Waals surface area contributed by atoms with E-state index in [0.29, 0.717) is 19.0 Å². The molecule has 0 aromatic heterocycles. The van der Waals surface area contributed by atoms with Crippen molar-refractivity contribution < 1.29 is 9.90 Å². The van der Waals surface area contributed by atoms with Gasteiger partial charge in [0.1, 0.15) is 0 Å². The number of benzene rings is 1. The fraction of sp³-hybridized carbons (Fsp3) is 0.462. The number of amides is 1. The second-order valence-corrected chi connectivity index (χ2v) is 5.69. The summed E-state index contributed by atoms with van der Waals surface area (Å²) in [5.41, 5.74) is 2.11. The van der Waals surface area contributed by atoms with Crippen molar-refractivity contribution >= 4 is 17.7 Å². The van der Waals surface area contributed by atoms with Crippen LogP contribution in [0.2, 0.25) is 0 Å². The monoisotopic (exact) mass is 249 g/mol. The Labute approximate surface area is 105 Å². The summed E-state index contributed by atoms with van der Waals surface area (Å²) < 4.78 is 0. The summed E-state index contributed by atoms with van der Waals surface area (Å²) >= 11 is 1.83. The van der Waals surface area contributed by atoms with Crippen molar-refractivity contribution in [2.24, 2.45) is 0 Å². The van der Waals surface area contributed by atoms with Gasteiger partial charge in [-0.25, -0.2) is 0 Å². The van der Waals surface area contributed by atoms with Crippen molar-refractivity contribution in [1.82, 2.24) is 4.90 Å². The summed E-state index contributed by atoms with van der Waals surface area (Å²) in [7, 11) is 0. The molecule has 0 aliphatic carbocycles. The maximum Gasteiger partial charge on any atom is 0.223 e. The lowest BCUT2D eigenvalue weighted by Crippen LogP contribution is -2.32. The Morgan fingerprint density at radius 1 is 1.47 bits per heavy atom. The van der Waals surface area contributed by atoms with Crippen LogP contribution >= 0.6 is 11.8 Å². The number of rotatable bonds is 1. The summed E-state index contributed by atoms with van der Waals surface area (Å²) in [5, 5.41) is 9.16. The normalized spacial score (nSPS) is 23.2. The number of aliphatic hydroxyl groups is 1. The standard InChI is InChI=1S/C13H15NO2S/c15-7-9-1-3-12-10(5-9)6-14-11(8-17-12)2-4-13(14)16/h1,3,5,11,15H,2,4,6-8H2/t11-/m1/s1. The highest BCUT2D eigenvalue weighted by molar-refractivity contribution is 7.99. The third-order valence-corrected chi connectivity index (χ3v) is 4.79. The molecule has 0 bridgehead atoms. The third-order valence-electron chi connectivity index (χ3n) is 3.53. The first kappa shape index (κ1) is 11.1. The maximum atomic E-state index is 11.8. The van der Waals surface area contributed by atoms with E-state index in [-0.39, 0.29) is 12.5 Å². The highest BCUT2D eigenvalue weighted by atomic mass is 32.2. The van der Waals surface area contributed by atoms with E-state index in [0.717, 1.165) is 17.7 Å². The molecule has 0 radical (unpaired) electrons. The zero-order valence-corrected chi connectivity index (χ0v) is 10.4. The van der Waals surface area contributed by atoms with Crippen LogP contribution in [0.25, 0.3) is 0 Å². The third kappa shape index (κ3) is 1.96. The van der Waals surface area contributed by atoms with Crippen molar-refractivity contribution in [2.45, 2.75) is 36.9 Å². The molecule has 3 rings (SSSR count). The SMILES string of the molecule is O=C1CC[C@@H]2CSc3ccc(CO)cc3CN12. The Kier molecular flexibility index (Phi) is 2.84. The number of thioether (sulfide) groups is 1. The van der Waals surface area contributed by atoms with Gasteiger partial charge < -0.3 is 10.0 Å². The minimum Gasteiger partial charge on any atom is -0.392 e. The van der Waals surface area contributed by atoms with Crippen molar-refractivity contribution in [1.29, 1.82) is 0 Å². The summed E-state index contributed by atoms with van der Waals surface area (Å²) in [6.45, 7) is 0.773. The predicted molar refractivity (Wildman–Crippen MR) is 66.7 cm³/mol. The van der Waals surface area contributed by atoms with Crippen molar-refractivity contribution in [3.63, 3.8) is 0 Å².